The SMILES string of the molecule is O=C1CCCC1/C=N/Nc1ncnc2sc3c(c12)CCCC3. The van der Waals surface area contributed by atoms with E-state index in [0.717, 1.165) is 41.7 Å². The second kappa shape index (κ2) is 5.76. The first kappa shape index (κ1) is 13.8. The van der Waals surface area contributed by atoms with Gasteiger partial charge in [0.25, 0.3) is 0 Å². The molecule has 2 aromatic rings. The van der Waals surface area contributed by atoms with Crippen LogP contribution in [0.25, 0.3) is 10.2 Å². The number of hydrazone groups is 1. The lowest BCUT2D eigenvalue weighted by Gasteiger charge is -2.11. The smallest absolute Gasteiger partial charge is 0.158 e. The van der Waals surface area contributed by atoms with Crippen molar-refractivity contribution in [2.24, 2.45) is 11.0 Å². The molecule has 1 saturated carbocycles. The van der Waals surface area contributed by atoms with Gasteiger partial charge in [0.15, 0.2) is 5.82 Å². The van der Waals surface area contributed by atoms with E-state index in [4.69, 9.17) is 0 Å². The Kier molecular flexibility index (Phi) is 3.62. The molecular weight excluding hydrogens is 296 g/mol. The molecule has 0 bridgehead atoms. The summed E-state index contributed by atoms with van der Waals surface area (Å²) >= 11 is 1.78. The van der Waals surface area contributed by atoms with Crippen LogP contribution in [0.2, 0.25) is 0 Å². The van der Waals surface area contributed by atoms with E-state index in [2.05, 4.69) is 20.5 Å². The minimum Gasteiger partial charge on any atom is -0.299 e. The molecular formula is C16H18N4OS. The molecule has 0 saturated heterocycles. The van der Waals surface area contributed by atoms with Crippen molar-refractivity contribution in [1.82, 2.24) is 9.97 Å². The lowest BCUT2D eigenvalue weighted by atomic mass is 9.97. The Morgan fingerprint density at radius 3 is 3.00 bits per heavy atom. The van der Waals surface area contributed by atoms with Gasteiger partial charge in [-0.3, -0.25) is 10.2 Å². The number of hydrogen-bond donors (Lipinski definition) is 1. The zero-order chi connectivity index (χ0) is 14.9. The van der Waals surface area contributed by atoms with Gasteiger partial charge in [0.2, 0.25) is 0 Å². The van der Waals surface area contributed by atoms with E-state index < -0.39 is 0 Å². The number of fused-ring (bicyclic) bond motifs is 3. The van der Waals surface area contributed by atoms with Crippen molar-refractivity contribution >= 4 is 39.4 Å². The van der Waals surface area contributed by atoms with Crippen LogP contribution in [-0.2, 0) is 17.6 Å². The fourth-order valence-electron chi connectivity index (χ4n) is 3.36. The van der Waals surface area contributed by atoms with E-state index in [1.807, 2.05) is 0 Å². The van der Waals surface area contributed by atoms with Crippen molar-refractivity contribution in [2.75, 3.05) is 5.43 Å². The minimum absolute atomic E-state index is 0.0267. The Hall–Kier alpha value is -1.82. The standard InChI is InChI=1S/C16H18N4OS/c21-12-6-3-4-10(12)8-19-20-15-14-11-5-1-2-7-13(11)22-16(14)18-9-17-15/h8-10H,1-7H2,(H,17,18,20)/b19-8+. The Bertz CT molecular complexity index is 752. The number of aryl methyl sites for hydroxylation is 2. The maximum absolute atomic E-state index is 11.6. The second-order valence-electron chi connectivity index (χ2n) is 5.97. The average molecular weight is 314 g/mol. The number of aromatic nitrogens is 2. The summed E-state index contributed by atoms with van der Waals surface area (Å²) in [6.45, 7) is 0. The fourth-order valence-corrected chi connectivity index (χ4v) is 4.59. The number of rotatable bonds is 3. The zero-order valence-corrected chi connectivity index (χ0v) is 13.2. The van der Waals surface area contributed by atoms with E-state index in [1.54, 1.807) is 23.9 Å². The molecule has 0 amide bonds. The van der Waals surface area contributed by atoms with E-state index in [1.165, 1.54) is 23.3 Å². The highest BCUT2D eigenvalue weighted by Crippen LogP contribution is 2.38. The van der Waals surface area contributed by atoms with Crippen LogP contribution in [0.4, 0.5) is 5.82 Å². The number of carbonyl (C=O) groups excluding carboxylic acids is 1. The van der Waals surface area contributed by atoms with Crippen molar-refractivity contribution in [3.8, 4) is 0 Å². The molecule has 6 heteroatoms. The van der Waals surface area contributed by atoms with Crippen molar-refractivity contribution in [2.45, 2.75) is 44.9 Å². The number of ketones is 1. The molecule has 1 fully saturated rings. The van der Waals surface area contributed by atoms with Crippen LogP contribution in [0.5, 0.6) is 0 Å². The Morgan fingerprint density at radius 2 is 2.14 bits per heavy atom. The molecule has 22 heavy (non-hydrogen) atoms. The number of nitrogens with zero attached hydrogens (tertiary/aromatic N) is 3. The number of thiophene rings is 1. The number of hydrogen-bond acceptors (Lipinski definition) is 6. The van der Waals surface area contributed by atoms with Crippen LogP contribution >= 0.6 is 11.3 Å². The molecule has 0 aromatic carbocycles. The highest BCUT2D eigenvalue weighted by atomic mass is 32.1. The average Bonchev–Trinajstić information content (AvgIpc) is 3.11. The molecule has 2 aromatic heterocycles. The summed E-state index contributed by atoms with van der Waals surface area (Å²) in [5.74, 6) is 1.04. The van der Waals surface area contributed by atoms with E-state index in [0.29, 0.717) is 12.2 Å². The Labute approximate surface area is 132 Å². The normalized spacial score (nSPS) is 21.6. The van der Waals surface area contributed by atoms with Gasteiger partial charge >= 0.3 is 0 Å². The Morgan fingerprint density at radius 1 is 1.23 bits per heavy atom. The molecule has 1 unspecified atom stereocenters. The van der Waals surface area contributed by atoms with Crippen LogP contribution in [0, 0.1) is 5.92 Å². The lowest BCUT2D eigenvalue weighted by Crippen LogP contribution is -2.08. The van der Waals surface area contributed by atoms with E-state index in [-0.39, 0.29) is 5.92 Å². The van der Waals surface area contributed by atoms with Crippen LogP contribution < -0.4 is 5.43 Å². The van der Waals surface area contributed by atoms with Gasteiger partial charge in [-0.1, -0.05) is 0 Å². The van der Waals surface area contributed by atoms with Crippen molar-refractivity contribution in [1.29, 1.82) is 0 Å². The summed E-state index contributed by atoms with van der Waals surface area (Å²) in [4.78, 5) is 22.9. The van der Waals surface area contributed by atoms with Gasteiger partial charge in [0.1, 0.15) is 16.9 Å². The van der Waals surface area contributed by atoms with Gasteiger partial charge in [-0.2, -0.15) is 5.10 Å². The molecule has 114 valence electrons. The van der Waals surface area contributed by atoms with Crippen molar-refractivity contribution in [3.05, 3.63) is 16.8 Å². The van der Waals surface area contributed by atoms with Gasteiger partial charge in [-0.25, -0.2) is 9.97 Å². The summed E-state index contributed by atoms with van der Waals surface area (Å²) < 4.78 is 0. The molecule has 4 rings (SSSR count). The fraction of sp³-hybridized carbons (Fsp3) is 0.500. The maximum Gasteiger partial charge on any atom is 0.158 e. The van der Waals surface area contributed by atoms with Crippen molar-refractivity contribution in [3.63, 3.8) is 0 Å². The number of Topliss-reactive ketones (excluding diaryl/α,β-unsaturated/α-hetero) is 1. The molecule has 0 spiro atoms. The summed E-state index contributed by atoms with van der Waals surface area (Å²) in [5.41, 5.74) is 4.43. The van der Waals surface area contributed by atoms with Gasteiger partial charge in [-0.15, -0.1) is 11.3 Å². The van der Waals surface area contributed by atoms with Crippen LogP contribution in [0.1, 0.15) is 42.5 Å². The monoisotopic (exact) mass is 314 g/mol. The third-order valence-electron chi connectivity index (χ3n) is 4.53. The zero-order valence-electron chi connectivity index (χ0n) is 12.3. The van der Waals surface area contributed by atoms with E-state index >= 15 is 0 Å². The van der Waals surface area contributed by atoms with Crippen LogP contribution in [-0.4, -0.2) is 22.0 Å². The molecule has 1 atom stereocenters. The first-order valence-electron chi connectivity index (χ1n) is 7.90. The van der Waals surface area contributed by atoms with Gasteiger partial charge in [0, 0.05) is 17.5 Å². The molecule has 1 N–H and O–H groups in total. The molecule has 5 nitrogen and oxygen atoms in total. The van der Waals surface area contributed by atoms with Crippen LogP contribution in [0.3, 0.4) is 0 Å². The Balaban J connectivity index is 1.62. The van der Waals surface area contributed by atoms with Crippen LogP contribution in [0.15, 0.2) is 11.4 Å². The quantitative estimate of drug-likeness (QED) is 0.697. The summed E-state index contributed by atoms with van der Waals surface area (Å²) in [7, 11) is 0. The van der Waals surface area contributed by atoms with Crippen molar-refractivity contribution < 1.29 is 4.79 Å². The molecule has 0 radical (unpaired) electrons. The number of anilines is 1. The van der Waals surface area contributed by atoms with Gasteiger partial charge in [0.05, 0.1) is 11.3 Å². The first-order valence-corrected chi connectivity index (χ1v) is 8.72. The molecule has 2 heterocycles. The highest BCUT2D eigenvalue weighted by Gasteiger charge is 2.23. The first-order chi connectivity index (χ1) is 10.8. The molecule has 0 aliphatic heterocycles. The predicted molar refractivity (Wildman–Crippen MR) is 88.5 cm³/mol. The molecule has 2 aliphatic rings. The van der Waals surface area contributed by atoms with Gasteiger partial charge in [-0.05, 0) is 44.1 Å². The third-order valence-corrected chi connectivity index (χ3v) is 5.73. The summed E-state index contributed by atoms with van der Waals surface area (Å²) in [5, 5.41) is 5.39. The predicted octanol–water partition coefficient (Wildman–Crippen LogP) is 3.34. The topological polar surface area (TPSA) is 67.2 Å². The summed E-state index contributed by atoms with van der Waals surface area (Å²) in [6, 6.07) is 0. The number of carbonyl (C=O) groups is 1. The maximum atomic E-state index is 11.6. The molecule has 2 aliphatic carbocycles. The highest BCUT2D eigenvalue weighted by molar-refractivity contribution is 7.19. The van der Waals surface area contributed by atoms with E-state index in [9.17, 15) is 4.79 Å². The summed E-state index contributed by atoms with van der Waals surface area (Å²) in [6.07, 6.45) is 10.6. The second-order valence-corrected chi connectivity index (χ2v) is 7.05. The van der Waals surface area contributed by atoms with Gasteiger partial charge < -0.3 is 0 Å². The largest absolute Gasteiger partial charge is 0.299 e. The number of nitrogens with one attached hydrogen (secondary N) is 1. The third kappa shape index (κ3) is 2.41. The minimum atomic E-state index is -0.0267. The lowest BCUT2D eigenvalue weighted by molar-refractivity contribution is -0.118.